The molecule has 1 aromatic heterocycles. The van der Waals surface area contributed by atoms with E-state index in [4.69, 9.17) is 4.42 Å². The number of aromatic nitrogens is 2. The molecule has 1 fully saturated rings. The molecule has 7 heteroatoms. The Morgan fingerprint density at radius 3 is 2.85 bits per heavy atom. The molecule has 6 nitrogen and oxygen atoms in total. The highest BCUT2D eigenvalue weighted by Gasteiger charge is 2.20. The third kappa shape index (κ3) is 4.49. The summed E-state index contributed by atoms with van der Waals surface area (Å²) in [5.74, 6) is 0.673. The first kappa shape index (κ1) is 15.3. The molecule has 1 amide bonds. The van der Waals surface area contributed by atoms with Gasteiger partial charge in [0.05, 0.1) is 18.3 Å². The van der Waals surface area contributed by atoms with E-state index >= 15 is 0 Å². The smallest absolute Gasteiger partial charge is 0.277 e. The number of nitrogens with zero attached hydrogens (tertiary/aromatic N) is 2. The second-order valence-corrected chi connectivity index (χ2v) is 6.40. The number of thioether (sulfide) groups is 1. The third-order valence-electron chi connectivity index (χ3n) is 3.41. The molecule has 0 aliphatic carbocycles. The highest BCUT2D eigenvalue weighted by atomic mass is 32.2. The molecule has 1 aliphatic rings. The summed E-state index contributed by atoms with van der Waals surface area (Å²) in [5, 5.41) is 11.1. The maximum absolute atomic E-state index is 11.6. The highest BCUT2D eigenvalue weighted by Crippen LogP contribution is 2.21. The minimum absolute atomic E-state index is 0.00101. The molecule has 1 atom stereocenters. The van der Waals surface area contributed by atoms with E-state index in [0.717, 1.165) is 6.54 Å². The monoisotopic (exact) mass is 299 g/mol. The standard InChI is InChI=1S/C13H22N4O2S/c1-3-14-12(18)10(2)20-13-16-15-11(19-13)9-17-7-5-4-6-8-17/h10H,3-9H2,1-2H3,(H,14,18)/p+1/t10-/m1/s1. The molecule has 112 valence electrons. The van der Waals surface area contributed by atoms with Crippen molar-refractivity contribution in [2.24, 2.45) is 0 Å². The number of quaternary nitrogens is 1. The number of likely N-dealkylation sites (tertiary alicyclic amines) is 1. The molecule has 20 heavy (non-hydrogen) atoms. The van der Waals surface area contributed by atoms with Gasteiger partial charge in [-0.15, -0.1) is 10.2 Å². The van der Waals surface area contributed by atoms with Crippen molar-refractivity contribution in [3.8, 4) is 0 Å². The van der Waals surface area contributed by atoms with Gasteiger partial charge in [0, 0.05) is 6.54 Å². The predicted octanol–water partition coefficient (Wildman–Crippen LogP) is 0.255. The van der Waals surface area contributed by atoms with Crippen LogP contribution in [0, 0.1) is 0 Å². The van der Waals surface area contributed by atoms with Crippen LogP contribution in [0.4, 0.5) is 0 Å². The summed E-state index contributed by atoms with van der Waals surface area (Å²) in [7, 11) is 0. The van der Waals surface area contributed by atoms with Gasteiger partial charge in [-0.2, -0.15) is 0 Å². The number of carbonyl (C=O) groups is 1. The van der Waals surface area contributed by atoms with Crippen LogP contribution in [0.2, 0.25) is 0 Å². The van der Waals surface area contributed by atoms with Crippen LogP contribution in [0.5, 0.6) is 0 Å². The first-order valence-corrected chi connectivity index (χ1v) is 8.17. The minimum atomic E-state index is -0.217. The van der Waals surface area contributed by atoms with Crippen LogP contribution < -0.4 is 10.2 Å². The van der Waals surface area contributed by atoms with Gasteiger partial charge in [0.2, 0.25) is 5.91 Å². The van der Waals surface area contributed by atoms with Crippen LogP contribution in [0.15, 0.2) is 9.64 Å². The second-order valence-electron chi connectivity index (χ2n) is 5.10. The van der Waals surface area contributed by atoms with Gasteiger partial charge in [0.25, 0.3) is 11.1 Å². The quantitative estimate of drug-likeness (QED) is 0.737. The first-order valence-electron chi connectivity index (χ1n) is 7.29. The van der Waals surface area contributed by atoms with Gasteiger partial charge in [-0.05, 0) is 33.1 Å². The Hall–Kier alpha value is -1.08. The van der Waals surface area contributed by atoms with E-state index in [9.17, 15) is 4.79 Å². The van der Waals surface area contributed by atoms with E-state index in [-0.39, 0.29) is 11.2 Å². The molecule has 2 rings (SSSR count). The molecule has 1 aromatic rings. The van der Waals surface area contributed by atoms with E-state index in [1.165, 1.54) is 49.0 Å². The first-order chi connectivity index (χ1) is 9.69. The summed E-state index contributed by atoms with van der Waals surface area (Å²) in [4.78, 5) is 13.2. The fourth-order valence-corrected chi connectivity index (χ4v) is 3.05. The van der Waals surface area contributed by atoms with Crippen molar-refractivity contribution < 1.29 is 14.1 Å². The van der Waals surface area contributed by atoms with Crippen molar-refractivity contribution in [2.45, 2.75) is 50.1 Å². The fraction of sp³-hybridized carbons (Fsp3) is 0.769. The largest absolute Gasteiger partial charge is 0.410 e. The number of carbonyl (C=O) groups excluding carboxylic acids is 1. The summed E-state index contributed by atoms with van der Waals surface area (Å²) in [6.07, 6.45) is 3.89. The normalized spacial score (nSPS) is 17.9. The van der Waals surface area contributed by atoms with Gasteiger partial charge < -0.3 is 14.6 Å². The van der Waals surface area contributed by atoms with Crippen LogP contribution in [0.3, 0.4) is 0 Å². The van der Waals surface area contributed by atoms with Crippen LogP contribution in [-0.4, -0.2) is 41.0 Å². The molecule has 2 N–H and O–H groups in total. The van der Waals surface area contributed by atoms with Crippen molar-refractivity contribution in [1.29, 1.82) is 0 Å². The van der Waals surface area contributed by atoms with Gasteiger partial charge in [-0.25, -0.2) is 0 Å². The summed E-state index contributed by atoms with van der Waals surface area (Å²) in [6, 6.07) is 0. The number of rotatable bonds is 6. The lowest BCUT2D eigenvalue weighted by Crippen LogP contribution is -3.11. The Morgan fingerprint density at radius 1 is 1.40 bits per heavy atom. The lowest BCUT2D eigenvalue weighted by Gasteiger charge is -2.21. The Bertz CT molecular complexity index is 432. The maximum atomic E-state index is 11.6. The Labute approximate surface area is 123 Å². The number of amides is 1. The molecule has 0 radical (unpaired) electrons. The zero-order chi connectivity index (χ0) is 14.4. The highest BCUT2D eigenvalue weighted by molar-refractivity contribution is 8.00. The van der Waals surface area contributed by atoms with E-state index in [2.05, 4.69) is 15.5 Å². The summed E-state index contributed by atoms with van der Waals surface area (Å²) >= 11 is 1.31. The summed E-state index contributed by atoms with van der Waals surface area (Å²) in [5.41, 5.74) is 0. The van der Waals surface area contributed by atoms with Crippen LogP contribution in [-0.2, 0) is 11.3 Å². The van der Waals surface area contributed by atoms with Gasteiger partial charge in [0.1, 0.15) is 0 Å². The van der Waals surface area contributed by atoms with Crippen molar-refractivity contribution in [1.82, 2.24) is 15.5 Å². The predicted molar refractivity (Wildman–Crippen MR) is 76.6 cm³/mol. The SMILES string of the molecule is CCNC(=O)[C@@H](C)Sc1nnc(C[NH+]2CCCCC2)o1. The average molecular weight is 299 g/mol. The zero-order valence-corrected chi connectivity index (χ0v) is 13.0. The van der Waals surface area contributed by atoms with Gasteiger partial charge >= 0.3 is 0 Å². The van der Waals surface area contributed by atoms with Crippen LogP contribution >= 0.6 is 11.8 Å². The van der Waals surface area contributed by atoms with Crippen molar-refractivity contribution in [3.63, 3.8) is 0 Å². The molecule has 0 spiro atoms. The fourth-order valence-electron chi connectivity index (χ4n) is 2.32. The van der Waals surface area contributed by atoms with Crippen LogP contribution in [0.1, 0.15) is 39.0 Å². The second kappa shape index (κ2) is 7.64. The van der Waals surface area contributed by atoms with Gasteiger partial charge in [-0.1, -0.05) is 11.8 Å². The number of hydrogen-bond donors (Lipinski definition) is 2. The van der Waals surface area contributed by atoms with E-state index in [1.807, 2.05) is 13.8 Å². The molecule has 2 heterocycles. The molecule has 0 saturated carbocycles. The Balaban J connectivity index is 1.83. The summed E-state index contributed by atoms with van der Waals surface area (Å²) < 4.78 is 5.63. The Kier molecular flexibility index (Phi) is 5.85. The molecule has 0 bridgehead atoms. The van der Waals surface area contributed by atoms with E-state index < -0.39 is 0 Å². The number of nitrogens with one attached hydrogen (secondary N) is 2. The van der Waals surface area contributed by atoms with Gasteiger partial charge in [-0.3, -0.25) is 4.79 Å². The van der Waals surface area contributed by atoms with Crippen LogP contribution in [0.25, 0.3) is 0 Å². The average Bonchev–Trinajstić information content (AvgIpc) is 2.87. The van der Waals surface area contributed by atoms with Gasteiger partial charge in [0.15, 0.2) is 6.54 Å². The number of piperidine rings is 1. The maximum Gasteiger partial charge on any atom is 0.277 e. The van der Waals surface area contributed by atoms with Crippen molar-refractivity contribution >= 4 is 17.7 Å². The molecule has 0 aromatic carbocycles. The minimum Gasteiger partial charge on any atom is -0.410 e. The van der Waals surface area contributed by atoms with Crippen molar-refractivity contribution in [3.05, 3.63) is 5.89 Å². The topological polar surface area (TPSA) is 72.5 Å². The molecule has 0 unspecified atom stereocenters. The lowest BCUT2D eigenvalue weighted by atomic mass is 10.1. The van der Waals surface area contributed by atoms with E-state index in [0.29, 0.717) is 17.7 Å². The van der Waals surface area contributed by atoms with E-state index in [1.54, 1.807) is 0 Å². The zero-order valence-electron chi connectivity index (χ0n) is 12.1. The molecule has 1 aliphatic heterocycles. The summed E-state index contributed by atoms with van der Waals surface area (Å²) in [6.45, 7) is 7.54. The molecular formula is C13H23N4O2S+. The molecular weight excluding hydrogens is 276 g/mol. The lowest BCUT2D eigenvalue weighted by molar-refractivity contribution is -0.919. The third-order valence-corrected chi connectivity index (χ3v) is 4.34. The van der Waals surface area contributed by atoms with Crippen molar-refractivity contribution in [2.75, 3.05) is 19.6 Å². The molecule has 1 saturated heterocycles. The Morgan fingerprint density at radius 2 is 2.15 bits per heavy atom. The number of hydrogen-bond acceptors (Lipinski definition) is 5.